The molecule has 1 aromatic carbocycles. The lowest BCUT2D eigenvalue weighted by atomic mass is 10.2. The predicted octanol–water partition coefficient (Wildman–Crippen LogP) is 0.961. The smallest absolute Gasteiger partial charge is 0.173 e. The average molecular weight is 282 g/mol. The topological polar surface area (TPSA) is 58.2 Å². The molecule has 2 rings (SSSR count). The Balaban J connectivity index is 1.79. The number of hydrogen-bond donors (Lipinski definition) is 2. The molecule has 4 nitrogen and oxygen atoms in total. The largest absolute Gasteiger partial charge is 0.359 e. The molecular weight excluding hydrogens is 268 g/mol. The Morgan fingerprint density at radius 1 is 1.33 bits per heavy atom. The van der Waals surface area contributed by atoms with Gasteiger partial charge in [0.05, 0.1) is 11.8 Å². The Hall–Kier alpha value is -1.40. The minimum absolute atomic E-state index is 0.0696. The van der Waals surface area contributed by atoms with Gasteiger partial charge >= 0.3 is 0 Å². The predicted molar refractivity (Wildman–Crippen MR) is 75.7 cm³/mol. The van der Waals surface area contributed by atoms with E-state index in [2.05, 4.69) is 10.6 Å². The number of benzene rings is 1. The van der Waals surface area contributed by atoms with Crippen LogP contribution in [0.1, 0.15) is 5.56 Å². The second-order valence-corrected chi connectivity index (χ2v) is 6.42. The zero-order chi connectivity index (χ0) is 13.0. The molecule has 1 atom stereocenters. The van der Waals surface area contributed by atoms with E-state index in [1.54, 1.807) is 6.08 Å². The Morgan fingerprint density at radius 3 is 2.67 bits per heavy atom. The van der Waals surface area contributed by atoms with Gasteiger partial charge < -0.3 is 10.6 Å². The van der Waals surface area contributed by atoms with Gasteiger partial charge in [0.25, 0.3) is 0 Å². The molecule has 0 amide bonds. The summed E-state index contributed by atoms with van der Waals surface area (Å²) in [5.41, 5.74) is 1.12. The zero-order valence-electron chi connectivity index (χ0n) is 9.67. The van der Waals surface area contributed by atoms with Gasteiger partial charge in [0, 0.05) is 12.0 Å². The average Bonchev–Trinajstić information content (AvgIpc) is 2.67. The van der Waals surface area contributed by atoms with Crippen LogP contribution in [0.5, 0.6) is 0 Å². The van der Waals surface area contributed by atoms with Crippen molar-refractivity contribution in [3.63, 3.8) is 0 Å². The molecule has 0 aromatic heterocycles. The molecular formula is C12H14N2O2S2. The summed E-state index contributed by atoms with van der Waals surface area (Å²) >= 11 is 5.11. The van der Waals surface area contributed by atoms with Crippen LogP contribution in [-0.2, 0) is 16.4 Å². The highest BCUT2D eigenvalue weighted by Crippen LogP contribution is 2.07. The van der Waals surface area contributed by atoms with Crippen molar-refractivity contribution in [2.24, 2.45) is 0 Å². The first-order chi connectivity index (χ1) is 8.55. The normalized spacial score (nSPS) is 20.6. The third-order valence-corrected chi connectivity index (χ3v) is 4.20. The maximum atomic E-state index is 11.2. The number of nitrogens with one attached hydrogen (secondary N) is 2. The zero-order valence-corrected chi connectivity index (χ0v) is 11.3. The monoisotopic (exact) mass is 282 g/mol. The van der Waals surface area contributed by atoms with Gasteiger partial charge in [0.15, 0.2) is 14.9 Å². The first kappa shape index (κ1) is 13.0. The van der Waals surface area contributed by atoms with Gasteiger partial charge in [-0.1, -0.05) is 30.3 Å². The van der Waals surface area contributed by atoms with Crippen molar-refractivity contribution >= 4 is 27.2 Å². The standard InChI is InChI=1S/C12H14N2O2S2/c15-18(16)7-6-11(9-18)14-12(17)13-8-10-4-2-1-3-5-10/h1-7,11H,8-9H2,(H2,13,14,17)/t11-/m0/s1. The van der Waals surface area contributed by atoms with Crippen LogP contribution < -0.4 is 10.6 Å². The third-order valence-electron chi connectivity index (χ3n) is 2.54. The summed E-state index contributed by atoms with van der Waals surface area (Å²) in [6.45, 7) is 0.621. The molecule has 0 aliphatic carbocycles. The van der Waals surface area contributed by atoms with E-state index >= 15 is 0 Å². The van der Waals surface area contributed by atoms with E-state index in [1.165, 1.54) is 5.41 Å². The number of hydrogen-bond acceptors (Lipinski definition) is 3. The molecule has 1 aliphatic heterocycles. The fourth-order valence-electron chi connectivity index (χ4n) is 1.66. The van der Waals surface area contributed by atoms with Gasteiger partial charge in [0.2, 0.25) is 0 Å². The number of thiocarbonyl (C=S) groups is 1. The second-order valence-electron chi connectivity index (χ2n) is 4.08. The van der Waals surface area contributed by atoms with Crippen LogP contribution in [0.2, 0.25) is 0 Å². The van der Waals surface area contributed by atoms with Gasteiger partial charge in [-0.3, -0.25) is 0 Å². The van der Waals surface area contributed by atoms with Gasteiger partial charge in [-0.15, -0.1) is 0 Å². The van der Waals surface area contributed by atoms with E-state index in [1.807, 2.05) is 30.3 Å². The molecule has 96 valence electrons. The lowest BCUT2D eigenvalue weighted by molar-refractivity contribution is 0.602. The lowest BCUT2D eigenvalue weighted by Crippen LogP contribution is -2.41. The van der Waals surface area contributed by atoms with Crippen molar-refractivity contribution in [2.45, 2.75) is 12.6 Å². The number of rotatable bonds is 3. The Morgan fingerprint density at radius 2 is 2.06 bits per heavy atom. The molecule has 1 aromatic rings. The quantitative estimate of drug-likeness (QED) is 0.809. The molecule has 0 fully saturated rings. The number of sulfone groups is 1. The molecule has 1 heterocycles. The first-order valence-corrected chi connectivity index (χ1v) is 7.67. The molecule has 0 unspecified atom stereocenters. The van der Waals surface area contributed by atoms with Crippen LogP contribution >= 0.6 is 12.2 Å². The fraction of sp³-hybridized carbons (Fsp3) is 0.250. The van der Waals surface area contributed by atoms with Crippen LogP contribution in [0.25, 0.3) is 0 Å². The van der Waals surface area contributed by atoms with Crippen molar-refractivity contribution in [3.05, 3.63) is 47.4 Å². The molecule has 0 saturated heterocycles. The van der Waals surface area contributed by atoms with Crippen LogP contribution in [0.3, 0.4) is 0 Å². The summed E-state index contributed by atoms with van der Waals surface area (Å²) in [5, 5.41) is 7.69. The highest BCUT2D eigenvalue weighted by atomic mass is 32.2. The first-order valence-electron chi connectivity index (χ1n) is 5.54. The van der Waals surface area contributed by atoms with E-state index in [9.17, 15) is 8.42 Å². The van der Waals surface area contributed by atoms with Crippen LogP contribution in [-0.4, -0.2) is 25.3 Å². The molecule has 2 N–H and O–H groups in total. The van der Waals surface area contributed by atoms with Crippen molar-refractivity contribution < 1.29 is 8.42 Å². The summed E-state index contributed by atoms with van der Waals surface area (Å²) in [4.78, 5) is 0. The molecule has 6 heteroatoms. The highest BCUT2D eigenvalue weighted by Gasteiger charge is 2.21. The molecule has 0 spiro atoms. The van der Waals surface area contributed by atoms with Crippen LogP contribution in [0.4, 0.5) is 0 Å². The minimum atomic E-state index is -3.04. The SMILES string of the molecule is O=S1(=O)C=C[C@H](NC(=S)NCc2ccccc2)C1. The Labute approximate surface area is 112 Å². The second kappa shape index (κ2) is 5.49. The van der Waals surface area contributed by atoms with Gasteiger partial charge in [-0.05, 0) is 23.9 Å². The molecule has 1 aliphatic rings. The maximum Gasteiger partial charge on any atom is 0.173 e. The Bertz CT molecular complexity index is 553. The minimum Gasteiger partial charge on any atom is -0.359 e. The van der Waals surface area contributed by atoms with Gasteiger partial charge in [0.1, 0.15) is 0 Å². The maximum absolute atomic E-state index is 11.2. The van der Waals surface area contributed by atoms with Crippen LogP contribution in [0, 0.1) is 0 Å². The molecule has 18 heavy (non-hydrogen) atoms. The molecule has 0 saturated carbocycles. The van der Waals surface area contributed by atoms with E-state index in [0.717, 1.165) is 5.56 Å². The van der Waals surface area contributed by atoms with E-state index < -0.39 is 9.84 Å². The van der Waals surface area contributed by atoms with E-state index in [4.69, 9.17) is 12.2 Å². The molecule has 0 radical (unpaired) electrons. The highest BCUT2D eigenvalue weighted by molar-refractivity contribution is 7.94. The van der Waals surface area contributed by atoms with E-state index in [-0.39, 0.29) is 11.8 Å². The van der Waals surface area contributed by atoms with Gasteiger partial charge in [-0.2, -0.15) is 0 Å². The summed E-state index contributed by atoms with van der Waals surface area (Å²) in [7, 11) is -3.04. The van der Waals surface area contributed by atoms with E-state index in [0.29, 0.717) is 11.7 Å². The summed E-state index contributed by atoms with van der Waals surface area (Å²) < 4.78 is 22.4. The molecule has 0 bridgehead atoms. The Kier molecular flexibility index (Phi) is 3.98. The third kappa shape index (κ3) is 3.82. The lowest BCUT2D eigenvalue weighted by Gasteiger charge is -2.14. The van der Waals surface area contributed by atoms with Crippen molar-refractivity contribution in [2.75, 3.05) is 5.75 Å². The summed E-state index contributed by atoms with van der Waals surface area (Å²) in [5.74, 6) is 0.0696. The van der Waals surface area contributed by atoms with Crippen molar-refractivity contribution in [1.29, 1.82) is 0 Å². The van der Waals surface area contributed by atoms with Crippen molar-refractivity contribution in [1.82, 2.24) is 10.6 Å². The van der Waals surface area contributed by atoms with Crippen molar-refractivity contribution in [3.8, 4) is 0 Å². The fourth-order valence-corrected chi connectivity index (χ4v) is 3.12. The summed E-state index contributed by atoms with van der Waals surface area (Å²) in [6, 6.07) is 9.63. The summed E-state index contributed by atoms with van der Waals surface area (Å²) in [6.07, 6.45) is 1.62. The van der Waals surface area contributed by atoms with Gasteiger partial charge in [-0.25, -0.2) is 8.42 Å². The van der Waals surface area contributed by atoms with Crippen LogP contribution in [0.15, 0.2) is 41.8 Å².